The lowest BCUT2D eigenvalue weighted by atomic mass is 9.66. The van der Waals surface area contributed by atoms with Crippen LogP contribution in [0, 0.1) is 34.5 Å². The Balaban J connectivity index is 1.86. The van der Waals surface area contributed by atoms with Gasteiger partial charge in [0.25, 0.3) is 0 Å². The molecule has 0 radical (unpaired) electrons. The highest BCUT2D eigenvalue weighted by atomic mass is 16.1. The van der Waals surface area contributed by atoms with Gasteiger partial charge in [-0.05, 0) is 35.5 Å². The van der Waals surface area contributed by atoms with Crippen LogP contribution < -0.4 is 0 Å². The van der Waals surface area contributed by atoms with Gasteiger partial charge < -0.3 is 0 Å². The van der Waals surface area contributed by atoms with Crippen LogP contribution >= 0.6 is 0 Å². The van der Waals surface area contributed by atoms with Crippen molar-refractivity contribution in [1.29, 1.82) is 10.5 Å². The molecule has 2 aliphatic rings. The Hall–Kier alpha value is -3.50. The minimum atomic E-state index is -0.535. The Labute approximate surface area is 157 Å². The number of fused-ring (bicyclic) bond motifs is 2. The Kier molecular flexibility index (Phi) is 4.18. The summed E-state index contributed by atoms with van der Waals surface area (Å²) in [6.07, 6.45) is 1.52. The maximum absolute atomic E-state index is 13.2. The molecule has 4 nitrogen and oxygen atoms in total. The number of carbonyl (C=O) groups is 2. The summed E-state index contributed by atoms with van der Waals surface area (Å²) in [6.45, 7) is 0. The van der Waals surface area contributed by atoms with Crippen molar-refractivity contribution >= 4 is 17.1 Å². The smallest absolute Gasteiger partial charge is 0.167 e. The summed E-state index contributed by atoms with van der Waals surface area (Å²) in [6, 6.07) is 18.6. The molecule has 130 valence electrons. The first-order chi connectivity index (χ1) is 13.2. The fraction of sp³-hybridized carbons (Fsp3) is 0.217. The van der Waals surface area contributed by atoms with Crippen molar-refractivity contribution in [3.05, 3.63) is 76.4 Å². The molecular weight excluding hydrogens is 336 g/mol. The van der Waals surface area contributed by atoms with Gasteiger partial charge in [-0.1, -0.05) is 48.5 Å². The number of carbonyl (C=O) groups excluding carboxylic acids is 2. The van der Waals surface area contributed by atoms with Gasteiger partial charge in [-0.15, -0.1) is 0 Å². The van der Waals surface area contributed by atoms with Crippen LogP contribution in [0.2, 0.25) is 0 Å². The average molecular weight is 352 g/mol. The van der Waals surface area contributed by atoms with E-state index in [1.807, 2.05) is 36.4 Å². The van der Waals surface area contributed by atoms with Crippen LogP contribution in [-0.4, -0.2) is 11.6 Å². The predicted octanol–water partition coefficient (Wildman–Crippen LogP) is 4.14. The maximum Gasteiger partial charge on any atom is 0.167 e. The molecule has 0 saturated heterocycles. The average Bonchev–Trinajstić information content (AvgIpc) is 2.72. The fourth-order valence-electron chi connectivity index (χ4n) is 4.39. The Morgan fingerprint density at radius 1 is 0.852 bits per heavy atom. The normalized spacial score (nSPS) is 20.9. The molecule has 0 spiro atoms. The lowest BCUT2D eigenvalue weighted by Crippen LogP contribution is -2.35. The number of Topliss-reactive ketones (excluding diaryl/α,β-unsaturated/α-hetero) is 2. The molecule has 27 heavy (non-hydrogen) atoms. The molecule has 0 bridgehead atoms. The molecule has 2 aromatic carbocycles. The standard InChI is InChI=1S/C23H16N2O2/c24-12-15(13-25)22-16-6-2-1-5-14(16)9-10-18(22)20-11-21(26)17-7-3-4-8-19(17)23(20)27/h1-8,18,20H,9-11H2. The number of benzene rings is 2. The summed E-state index contributed by atoms with van der Waals surface area (Å²) in [4.78, 5) is 25.8. The van der Waals surface area contributed by atoms with Gasteiger partial charge in [0.15, 0.2) is 11.6 Å². The van der Waals surface area contributed by atoms with Crippen LogP contribution in [-0.2, 0) is 6.42 Å². The van der Waals surface area contributed by atoms with Crippen LogP contribution in [0.5, 0.6) is 0 Å². The molecular formula is C23H16N2O2. The van der Waals surface area contributed by atoms with Gasteiger partial charge in [0.05, 0.1) is 0 Å². The number of aryl methyl sites for hydroxylation is 1. The highest BCUT2D eigenvalue weighted by molar-refractivity contribution is 6.15. The number of hydrogen-bond donors (Lipinski definition) is 0. The monoisotopic (exact) mass is 352 g/mol. The number of nitrogens with zero attached hydrogens (tertiary/aromatic N) is 2. The second-order valence-corrected chi connectivity index (χ2v) is 6.96. The maximum atomic E-state index is 13.2. The van der Waals surface area contributed by atoms with Gasteiger partial charge in [0, 0.05) is 23.5 Å². The molecule has 0 saturated carbocycles. The third kappa shape index (κ3) is 2.67. The van der Waals surface area contributed by atoms with Crippen molar-refractivity contribution in [2.45, 2.75) is 19.3 Å². The van der Waals surface area contributed by atoms with E-state index >= 15 is 0 Å². The molecule has 2 aromatic rings. The zero-order valence-corrected chi connectivity index (χ0v) is 14.6. The van der Waals surface area contributed by atoms with E-state index in [1.165, 1.54) is 0 Å². The number of ketones is 2. The first-order valence-corrected chi connectivity index (χ1v) is 8.94. The summed E-state index contributed by atoms with van der Waals surface area (Å²) in [5.74, 6) is -0.961. The Morgan fingerprint density at radius 3 is 2.19 bits per heavy atom. The Bertz CT molecular complexity index is 1070. The summed E-state index contributed by atoms with van der Waals surface area (Å²) in [5, 5.41) is 19.0. The van der Waals surface area contributed by atoms with E-state index in [1.54, 1.807) is 24.3 Å². The molecule has 0 aromatic heterocycles. The molecule has 0 amide bonds. The molecule has 0 fully saturated rings. The molecule has 0 N–H and O–H groups in total. The number of nitriles is 2. The van der Waals surface area contributed by atoms with Gasteiger partial charge in [0.1, 0.15) is 17.7 Å². The quantitative estimate of drug-likeness (QED) is 0.722. The summed E-state index contributed by atoms with van der Waals surface area (Å²) in [5.41, 5.74) is 3.50. The van der Waals surface area contributed by atoms with Crippen LogP contribution in [0.1, 0.15) is 44.7 Å². The zero-order chi connectivity index (χ0) is 19.0. The molecule has 2 unspecified atom stereocenters. The van der Waals surface area contributed by atoms with E-state index in [0.29, 0.717) is 23.1 Å². The summed E-state index contributed by atoms with van der Waals surface area (Å²) >= 11 is 0. The SMILES string of the molecule is N#CC(C#N)=C1c2ccccc2CCC1C1CC(=O)c2ccccc2C1=O. The van der Waals surface area contributed by atoms with Gasteiger partial charge in [-0.3, -0.25) is 9.59 Å². The third-order valence-electron chi connectivity index (χ3n) is 5.62. The van der Waals surface area contributed by atoms with Crippen molar-refractivity contribution in [3.8, 4) is 12.1 Å². The van der Waals surface area contributed by atoms with E-state index in [4.69, 9.17) is 0 Å². The lowest BCUT2D eigenvalue weighted by Gasteiger charge is -2.35. The number of rotatable bonds is 1. The minimum Gasteiger partial charge on any atom is -0.294 e. The van der Waals surface area contributed by atoms with E-state index in [-0.39, 0.29) is 29.5 Å². The second kappa shape index (κ2) is 6.67. The van der Waals surface area contributed by atoms with Crippen LogP contribution in [0.15, 0.2) is 54.1 Å². The third-order valence-corrected chi connectivity index (χ3v) is 5.62. The van der Waals surface area contributed by atoms with Gasteiger partial charge >= 0.3 is 0 Å². The topological polar surface area (TPSA) is 81.7 Å². The van der Waals surface area contributed by atoms with Gasteiger partial charge in [0.2, 0.25) is 0 Å². The van der Waals surface area contributed by atoms with E-state index in [9.17, 15) is 20.1 Å². The molecule has 4 heteroatoms. The fourth-order valence-corrected chi connectivity index (χ4v) is 4.39. The minimum absolute atomic E-state index is 0.0336. The number of allylic oxidation sites excluding steroid dienone is 2. The molecule has 0 aliphatic heterocycles. The van der Waals surface area contributed by atoms with E-state index in [0.717, 1.165) is 17.5 Å². The van der Waals surface area contributed by atoms with Gasteiger partial charge in [-0.2, -0.15) is 10.5 Å². The molecule has 2 aliphatic carbocycles. The number of hydrogen-bond acceptors (Lipinski definition) is 4. The summed E-state index contributed by atoms with van der Waals surface area (Å²) in [7, 11) is 0. The largest absolute Gasteiger partial charge is 0.294 e. The van der Waals surface area contributed by atoms with Gasteiger partial charge in [-0.25, -0.2) is 0 Å². The van der Waals surface area contributed by atoms with Crippen LogP contribution in [0.25, 0.3) is 5.57 Å². The second-order valence-electron chi connectivity index (χ2n) is 6.96. The van der Waals surface area contributed by atoms with Crippen molar-refractivity contribution in [3.63, 3.8) is 0 Å². The zero-order valence-electron chi connectivity index (χ0n) is 14.6. The van der Waals surface area contributed by atoms with E-state index in [2.05, 4.69) is 0 Å². The highest BCUT2D eigenvalue weighted by Crippen LogP contribution is 2.45. The van der Waals surface area contributed by atoms with Crippen molar-refractivity contribution in [2.75, 3.05) is 0 Å². The molecule has 4 rings (SSSR count). The predicted molar refractivity (Wildman–Crippen MR) is 99.6 cm³/mol. The first-order valence-electron chi connectivity index (χ1n) is 8.94. The van der Waals surface area contributed by atoms with Crippen molar-refractivity contribution in [2.24, 2.45) is 11.8 Å². The van der Waals surface area contributed by atoms with Crippen molar-refractivity contribution < 1.29 is 9.59 Å². The van der Waals surface area contributed by atoms with Crippen molar-refractivity contribution in [1.82, 2.24) is 0 Å². The Morgan fingerprint density at radius 2 is 1.48 bits per heavy atom. The van der Waals surface area contributed by atoms with Crippen LogP contribution in [0.3, 0.4) is 0 Å². The molecule has 2 atom stereocenters. The first kappa shape index (κ1) is 16.9. The lowest BCUT2D eigenvalue weighted by molar-refractivity contribution is 0.0790. The highest BCUT2D eigenvalue weighted by Gasteiger charge is 2.41. The molecule has 0 heterocycles. The summed E-state index contributed by atoms with van der Waals surface area (Å²) < 4.78 is 0. The van der Waals surface area contributed by atoms with Crippen LogP contribution in [0.4, 0.5) is 0 Å². The van der Waals surface area contributed by atoms with E-state index < -0.39 is 5.92 Å².